The second-order valence-corrected chi connectivity index (χ2v) is 3.72. The Morgan fingerprint density at radius 3 is 2.12 bits per heavy atom. The summed E-state index contributed by atoms with van der Waals surface area (Å²) in [5.74, 6) is 0. The summed E-state index contributed by atoms with van der Waals surface area (Å²) in [6.07, 6.45) is 0. The first-order valence-corrected chi connectivity index (χ1v) is 5.28. The Morgan fingerprint density at radius 1 is 1.38 bits per heavy atom. The lowest BCUT2D eigenvalue weighted by Gasteiger charge is -1.95. The molecule has 0 aliphatic carbocycles. The van der Waals surface area contributed by atoms with E-state index in [0.29, 0.717) is 5.69 Å². The molecule has 0 amide bonds. The monoisotopic (exact) mass is 270 g/mol. The van der Waals surface area contributed by atoms with Crippen molar-refractivity contribution in [3.05, 3.63) is 33.3 Å². The first kappa shape index (κ1) is 14.6. The molecule has 4 N–H and O–H groups in total. The molecule has 90 valence electrons. The number of nitrogens with two attached hydrogens (primary N) is 1. The molecule has 1 rings (SSSR count). The highest BCUT2D eigenvalue weighted by Crippen LogP contribution is 2.25. The molecule has 0 aliphatic rings. The van der Waals surface area contributed by atoms with Gasteiger partial charge in [-0.05, 0) is 12.1 Å². The first-order chi connectivity index (χ1) is 7.11. The van der Waals surface area contributed by atoms with E-state index in [1.54, 1.807) is 0 Å². The Labute approximate surface area is 95.4 Å². The average Bonchev–Trinajstić information content (AvgIpc) is 2.06. The zero-order chi connectivity index (χ0) is 12.9. The largest absolute Gasteiger partial charge is 0.399 e. The lowest BCUT2D eigenvalue weighted by atomic mass is 10.3. The summed E-state index contributed by atoms with van der Waals surface area (Å²) >= 11 is 5.49. The SMILES string of the molecule is Nc1ccc(Cl)c([N+](=O)[O-])c1.O=S(=O)(O)O. The zero-order valence-corrected chi connectivity index (χ0v) is 9.14. The molecule has 0 aliphatic heterocycles. The Balaban J connectivity index is 0.000000385. The van der Waals surface area contributed by atoms with Gasteiger partial charge in [-0.25, -0.2) is 0 Å². The van der Waals surface area contributed by atoms with E-state index < -0.39 is 15.3 Å². The van der Waals surface area contributed by atoms with Crippen LogP contribution in [0.1, 0.15) is 0 Å². The molecular formula is C6H7ClN2O6S. The Kier molecular flexibility index (Phi) is 5.11. The van der Waals surface area contributed by atoms with Crippen LogP contribution in [0.5, 0.6) is 0 Å². The van der Waals surface area contributed by atoms with Gasteiger partial charge in [0, 0.05) is 11.8 Å². The van der Waals surface area contributed by atoms with Gasteiger partial charge in [0.25, 0.3) is 5.69 Å². The molecule has 1 aromatic carbocycles. The minimum Gasteiger partial charge on any atom is -0.399 e. The maximum Gasteiger partial charge on any atom is 0.394 e. The van der Waals surface area contributed by atoms with Crippen molar-refractivity contribution in [1.82, 2.24) is 0 Å². The second-order valence-electron chi connectivity index (χ2n) is 2.42. The molecule has 0 fully saturated rings. The molecule has 0 bridgehead atoms. The third-order valence-corrected chi connectivity index (χ3v) is 1.49. The number of anilines is 1. The third-order valence-electron chi connectivity index (χ3n) is 1.17. The summed E-state index contributed by atoms with van der Waals surface area (Å²) in [4.78, 5) is 9.67. The van der Waals surface area contributed by atoms with E-state index in [4.69, 9.17) is 34.9 Å². The van der Waals surface area contributed by atoms with Gasteiger partial charge in [0.1, 0.15) is 5.02 Å². The van der Waals surface area contributed by atoms with Gasteiger partial charge >= 0.3 is 10.4 Å². The molecule has 8 nitrogen and oxygen atoms in total. The maximum absolute atomic E-state index is 10.2. The number of nitrogens with zero attached hydrogens (tertiary/aromatic N) is 1. The second kappa shape index (κ2) is 5.61. The van der Waals surface area contributed by atoms with Crippen molar-refractivity contribution in [2.45, 2.75) is 0 Å². The topological polar surface area (TPSA) is 144 Å². The molecule has 1 aromatic rings. The normalized spacial score (nSPS) is 10.2. The van der Waals surface area contributed by atoms with E-state index >= 15 is 0 Å². The van der Waals surface area contributed by atoms with Crippen LogP contribution in [0.4, 0.5) is 11.4 Å². The molecule has 0 saturated carbocycles. The summed E-state index contributed by atoms with van der Waals surface area (Å²) in [6, 6.07) is 4.13. The summed E-state index contributed by atoms with van der Waals surface area (Å²) in [5.41, 5.74) is 5.48. The highest BCUT2D eigenvalue weighted by Gasteiger charge is 2.10. The van der Waals surface area contributed by atoms with Crippen molar-refractivity contribution in [2.75, 3.05) is 5.73 Å². The molecule has 0 heterocycles. The van der Waals surface area contributed by atoms with Gasteiger partial charge in [-0.1, -0.05) is 11.6 Å². The number of hydrogen-bond acceptors (Lipinski definition) is 5. The van der Waals surface area contributed by atoms with E-state index in [-0.39, 0.29) is 10.7 Å². The zero-order valence-electron chi connectivity index (χ0n) is 7.57. The lowest BCUT2D eigenvalue weighted by Crippen LogP contribution is -1.91. The smallest absolute Gasteiger partial charge is 0.394 e. The molecule has 0 atom stereocenters. The fourth-order valence-electron chi connectivity index (χ4n) is 0.670. The molecule has 0 radical (unpaired) electrons. The number of rotatable bonds is 1. The van der Waals surface area contributed by atoms with Crippen molar-refractivity contribution in [2.24, 2.45) is 0 Å². The highest BCUT2D eigenvalue weighted by atomic mass is 35.5. The third kappa shape index (κ3) is 6.95. The standard InChI is InChI=1S/C6H5ClN2O2.H2O4S/c7-5-2-1-4(8)3-6(5)9(10)11;1-5(2,3)4/h1-3H,8H2;(H2,1,2,3,4). The Bertz CT molecular complexity index is 480. The first-order valence-electron chi connectivity index (χ1n) is 3.50. The van der Waals surface area contributed by atoms with Crippen molar-refractivity contribution < 1.29 is 22.4 Å². The van der Waals surface area contributed by atoms with Crippen LogP contribution in [0.3, 0.4) is 0 Å². The number of nitrogen functional groups attached to an aromatic ring is 1. The number of nitro groups is 1. The van der Waals surface area contributed by atoms with Crippen LogP contribution in [0, 0.1) is 10.1 Å². The molecule has 16 heavy (non-hydrogen) atoms. The van der Waals surface area contributed by atoms with Gasteiger partial charge in [-0.2, -0.15) is 8.42 Å². The van der Waals surface area contributed by atoms with Crippen LogP contribution in [0.2, 0.25) is 5.02 Å². The predicted molar refractivity (Wildman–Crippen MR) is 56.7 cm³/mol. The molecule has 0 aromatic heterocycles. The fourth-order valence-corrected chi connectivity index (χ4v) is 0.856. The van der Waals surface area contributed by atoms with Crippen LogP contribution in [-0.2, 0) is 10.4 Å². The van der Waals surface area contributed by atoms with E-state index in [1.807, 2.05) is 0 Å². The molecule has 10 heteroatoms. The summed E-state index contributed by atoms with van der Waals surface area (Å²) in [5, 5.41) is 10.3. The van der Waals surface area contributed by atoms with E-state index in [0.717, 1.165) is 0 Å². The van der Waals surface area contributed by atoms with E-state index in [2.05, 4.69) is 0 Å². The average molecular weight is 271 g/mol. The van der Waals surface area contributed by atoms with Gasteiger partial charge in [0.15, 0.2) is 0 Å². The van der Waals surface area contributed by atoms with Gasteiger partial charge in [0.2, 0.25) is 0 Å². The van der Waals surface area contributed by atoms with Crippen LogP contribution < -0.4 is 5.73 Å². The van der Waals surface area contributed by atoms with Crippen molar-refractivity contribution in [3.63, 3.8) is 0 Å². The minimum atomic E-state index is -4.67. The number of hydrogen-bond donors (Lipinski definition) is 3. The molecule has 0 spiro atoms. The number of halogens is 1. The molecule has 0 unspecified atom stereocenters. The summed E-state index contributed by atoms with van der Waals surface area (Å²) < 4.78 is 31.6. The maximum atomic E-state index is 10.2. The van der Waals surface area contributed by atoms with Crippen molar-refractivity contribution >= 4 is 33.4 Å². The summed E-state index contributed by atoms with van der Waals surface area (Å²) in [6.45, 7) is 0. The van der Waals surface area contributed by atoms with Gasteiger partial charge in [-0.3, -0.25) is 19.2 Å². The van der Waals surface area contributed by atoms with Crippen LogP contribution >= 0.6 is 11.6 Å². The summed E-state index contributed by atoms with van der Waals surface area (Å²) in [7, 11) is -4.67. The van der Waals surface area contributed by atoms with Gasteiger partial charge in [-0.15, -0.1) is 0 Å². The number of benzene rings is 1. The Morgan fingerprint density at radius 2 is 1.81 bits per heavy atom. The van der Waals surface area contributed by atoms with Crippen molar-refractivity contribution in [3.8, 4) is 0 Å². The molecular weight excluding hydrogens is 264 g/mol. The number of nitro benzene ring substituents is 1. The van der Waals surface area contributed by atoms with Gasteiger partial charge < -0.3 is 5.73 Å². The van der Waals surface area contributed by atoms with Gasteiger partial charge in [0.05, 0.1) is 4.92 Å². The Hall–Kier alpha value is -1.42. The lowest BCUT2D eigenvalue weighted by molar-refractivity contribution is -0.384. The van der Waals surface area contributed by atoms with Crippen LogP contribution in [0.15, 0.2) is 18.2 Å². The fraction of sp³-hybridized carbons (Fsp3) is 0. The van der Waals surface area contributed by atoms with Crippen LogP contribution in [-0.4, -0.2) is 22.4 Å². The van der Waals surface area contributed by atoms with E-state index in [9.17, 15) is 10.1 Å². The predicted octanol–water partition coefficient (Wildman–Crippen LogP) is 1.18. The quantitative estimate of drug-likeness (QED) is 0.301. The van der Waals surface area contributed by atoms with Crippen molar-refractivity contribution in [1.29, 1.82) is 0 Å². The van der Waals surface area contributed by atoms with E-state index in [1.165, 1.54) is 18.2 Å². The molecule has 0 saturated heterocycles. The highest BCUT2D eigenvalue weighted by molar-refractivity contribution is 7.79. The minimum absolute atomic E-state index is 0.101. The van der Waals surface area contributed by atoms with Crippen LogP contribution in [0.25, 0.3) is 0 Å².